The molecule has 4 unspecified atom stereocenters. The van der Waals surface area contributed by atoms with Gasteiger partial charge in [0.1, 0.15) is 0 Å². The summed E-state index contributed by atoms with van der Waals surface area (Å²) < 4.78 is 24.8. The van der Waals surface area contributed by atoms with E-state index in [-0.39, 0.29) is 40.9 Å². The molecular formula is C21H49NO4Si2. The van der Waals surface area contributed by atoms with Crippen LogP contribution in [0.1, 0.15) is 94.9 Å². The Labute approximate surface area is 179 Å². The van der Waals surface area contributed by atoms with Crippen molar-refractivity contribution in [3.05, 3.63) is 0 Å². The Bertz CT molecular complexity index is 363. The average molecular weight is 436 g/mol. The van der Waals surface area contributed by atoms with E-state index in [2.05, 4.69) is 69.2 Å². The van der Waals surface area contributed by atoms with Crippen molar-refractivity contribution in [3.8, 4) is 0 Å². The van der Waals surface area contributed by atoms with Gasteiger partial charge in [0.15, 0.2) is 19.5 Å². The highest BCUT2D eigenvalue weighted by atomic mass is 28.2. The zero-order valence-corrected chi connectivity index (χ0v) is 23.2. The first-order valence-corrected chi connectivity index (χ1v) is 13.9. The molecule has 0 fully saturated rings. The topological polar surface area (TPSA) is 62.9 Å². The molecule has 0 aromatic rings. The molecule has 0 saturated carbocycles. The normalized spacial score (nSPS) is 19.4. The maximum absolute atomic E-state index is 6.51. The molecule has 170 valence electrons. The van der Waals surface area contributed by atoms with E-state index in [0.717, 1.165) is 25.7 Å². The van der Waals surface area contributed by atoms with E-state index in [1.54, 1.807) is 0 Å². The van der Waals surface area contributed by atoms with Gasteiger partial charge < -0.3 is 24.1 Å². The lowest BCUT2D eigenvalue weighted by Gasteiger charge is -2.33. The van der Waals surface area contributed by atoms with Crippen LogP contribution in [0, 0.1) is 0 Å². The lowest BCUT2D eigenvalue weighted by atomic mass is 10.1. The van der Waals surface area contributed by atoms with Gasteiger partial charge in [-0.2, -0.15) is 0 Å². The molecule has 0 heterocycles. The lowest BCUT2D eigenvalue weighted by Crippen LogP contribution is -2.48. The summed E-state index contributed by atoms with van der Waals surface area (Å²) in [4.78, 5) is 0. The van der Waals surface area contributed by atoms with Gasteiger partial charge in [-0.25, -0.2) is 0 Å². The molecule has 0 rings (SSSR count). The zero-order valence-electron chi connectivity index (χ0n) is 20.3. The van der Waals surface area contributed by atoms with Gasteiger partial charge >= 0.3 is 0 Å². The molecule has 0 saturated heterocycles. The van der Waals surface area contributed by atoms with Crippen molar-refractivity contribution in [3.63, 3.8) is 0 Å². The summed E-state index contributed by atoms with van der Waals surface area (Å²) in [5.41, 5.74) is 6.70. The fourth-order valence-corrected chi connectivity index (χ4v) is 6.17. The fraction of sp³-hybridized carbons (Fsp3) is 1.00. The summed E-state index contributed by atoms with van der Waals surface area (Å²) in [6.45, 7) is 21.1. The van der Waals surface area contributed by atoms with Crippen LogP contribution in [-0.2, 0) is 18.3 Å². The molecule has 0 aliphatic carbocycles. The monoisotopic (exact) mass is 435 g/mol. The lowest BCUT2D eigenvalue weighted by molar-refractivity contribution is -0.0513. The predicted octanol–water partition coefficient (Wildman–Crippen LogP) is 3.17. The van der Waals surface area contributed by atoms with Gasteiger partial charge in [0.25, 0.3) is 0 Å². The van der Waals surface area contributed by atoms with E-state index in [1.807, 2.05) is 0 Å². The number of rotatable bonds is 14. The minimum Gasteiger partial charge on any atom is -0.417 e. The van der Waals surface area contributed by atoms with Gasteiger partial charge in [0, 0.05) is 11.2 Å². The third kappa shape index (κ3) is 14.3. The van der Waals surface area contributed by atoms with Crippen LogP contribution in [-0.4, -0.2) is 60.4 Å². The Morgan fingerprint density at radius 1 is 0.714 bits per heavy atom. The van der Waals surface area contributed by atoms with Crippen molar-refractivity contribution in [2.24, 2.45) is 5.73 Å². The molecule has 5 nitrogen and oxygen atoms in total. The third-order valence-electron chi connectivity index (χ3n) is 4.52. The van der Waals surface area contributed by atoms with Crippen LogP contribution in [0.25, 0.3) is 0 Å². The van der Waals surface area contributed by atoms with Crippen LogP contribution in [0.4, 0.5) is 0 Å². The van der Waals surface area contributed by atoms with Crippen LogP contribution >= 0.6 is 0 Å². The minimum atomic E-state index is -0.775. The molecule has 0 aromatic heterocycles. The van der Waals surface area contributed by atoms with Crippen molar-refractivity contribution in [1.29, 1.82) is 0 Å². The van der Waals surface area contributed by atoms with Crippen LogP contribution in [0.15, 0.2) is 0 Å². The van der Waals surface area contributed by atoms with Crippen molar-refractivity contribution in [2.75, 3.05) is 0 Å². The second kappa shape index (κ2) is 13.5. The minimum absolute atomic E-state index is 0.0601. The standard InChI is InChI=1S/C21H49NO4Si2/c1-11-13-17(27-25-20(5,6)7)23-15(3)19(22)16(4)24-18(14-12-2)28-26-21(8,9)10/h15-19H,11-14,22,27-28H2,1-10H3. The van der Waals surface area contributed by atoms with Crippen molar-refractivity contribution in [1.82, 2.24) is 0 Å². The van der Waals surface area contributed by atoms with Crippen LogP contribution in [0.2, 0.25) is 0 Å². The van der Waals surface area contributed by atoms with Crippen LogP contribution in [0.3, 0.4) is 0 Å². The largest absolute Gasteiger partial charge is 0.417 e. The van der Waals surface area contributed by atoms with Crippen molar-refractivity contribution >= 4 is 19.5 Å². The fourth-order valence-electron chi connectivity index (χ4n) is 2.88. The molecule has 2 N–H and O–H groups in total. The van der Waals surface area contributed by atoms with Gasteiger partial charge in [-0.3, -0.25) is 0 Å². The summed E-state index contributed by atoms with van der Waals surface area (Å²) in [5.74, 6) is 0. The Hall–Kier alpha value is 0.234. The van der Waals surface area contributed by atoms with E-state index in [1.165, 1.54) is 0 Å². The van der Waals surface area contributed by atoms with Crippen molar-refractivity contribution < 1.29 is 18.3 Å². The number of ether oxygens (including phenoxy) is 2. The molecule has 0 amide bonds. The zero-order chi connectivity index (χ0) is 22.0. The van der Waals surface area contributed by atoms with E-state index in [9.17, 15) is 0 Å². The van der Waals surface area contributed by atoms with Crippen molar-refractivity contribution in [2.45, 2.75) is 136 Å². The first-order chi connectivity index (χ1) is 12.8. The smallest absolute Gasteiger partial charge is 0.191 e. The summed E-state index contributed by atoms with van der Waals surface area (Å²) in [6.07, 6.45) is 4.12. The Balaban J connectivity index is 4.70. The number of nitrogens with two attached hydrogens (primary N) is 1. The predicted molar refractivity (Wildman–Crippen MR) is 125 cm³/mol. The van der Waals surface area contributed by atoms with Crippen LogP contribution < -0.4 is 5.73 Å². The quantitative estimate of drug-likeness (QED) is 0.425. The van der Waals surface area contributed by atoms with Gasteiger partial charge in [-0.1, -0.05) is 26.7 Å². The third-order valence-corrected chi connectivity index (χ3v) is 8.53. The summed E-state index contributed by atoms with van der Waals surface area (Å²) in [7, 11) is -1.55. The van der Waals surface area contributed by atoms with E-state index in [0.29, 0.717) is 0 Å². The molecule has 4 atom stereocenters. The van der Waals surface area contributed by atoms with Gasteiger partial charge in [0.2, 0.25) is 0 Å². The van der Waals surface area contributed by atoms with Gasteiger partial charge in [-0.05, 0) is 68.2 Å². The molecule has 0 bridgehead atoms. The molecule has 0 aliphatic heterocycles. The molecule has 0 aliphatic rings. The average Bonchev–Trinajstić information content (AvgIpc) is 2.55. The highest BCUT2D eigenvalue weighted by molar-refractivity contribution is 6.29. The highest BCUT2D eigenvalue weighted by Gasteiger charge is 2.27. The first-order valence-electron chi connectivity index (χ1n) is 11.1. The Morgan fingerprint density at radius 2 is 1.04 bits per heavy atom. The molecule has 28 heavy (non-hydrogen) atoms. The molecular weight excluding hydrogens is 386 g/mol. The first kappa shape index (κ1) is 28.2. The molecule has 0 radical (unpaired) electrons. The van der Waals surface area contributed by atoms with Crippen LogP contribution in [0.5, 0.6) is 0 Å². The summed E-state index contributed by atoms with van der Waals surface area (Å²) in [6, 6.07) is -0.161. The Morgan fingerprint density at radius 3 is 1.29 bits per heavy atom. The highest BCUT2D eigenvalue weighted by Crippen LogP contribution is 2.16. The second-order valence-corrected chi connectivity index (χ2v) is 13.0. The van der Waals surface area contributed by atoms with E-state index >= 15 is 0 Å². The summed E-state index contributed by atoms with van der Waals surface area (Å²) >= 11 is 0. The van der Waals surface area contributed by atoms with E-state index in [4.69, 9.17) is 24.1 Å². The second-order valence-electron chi connectivity index (χ2n) is 9.93. The van der Waals surface area contributed by atoms with Gasteiger partial charge in [0.05, 0.1) is 29.7 Å². The Kier molecular flexibility index (Phi) is 13.6. The number of hydrogen-bond donors (Lipinski definition) is 1. The van der Waals surface area contributed by atoms with E-state index < -0.39 is 19.5 Å². The molecule has 7 heteroatoms. The number of hydrogen-bond acceptors (Lipinski definition) is 5. The molecule has 0 aromatic carbocycles. The summed E-state index contributed by atoms with van der Waals surface area (Å²) in [5, 5.41) is 0. The maximum atomic E-state index is 6.51. The SMILES string of the molecule is CCCC(OC(C)C(N)C(C)OC(CCC)[SiH2]OC(C)(C)C)[SiH2]OC(C)(C)C. The molecule has 0 spiro atoms. The van der Waals surface area contributed by atoms with Gasteiger partial charge in [-0.15, -0.1) is 0 Å². The maximum Gasteiger partial charge on any atom is 0.191 e.